The molecular formula is C19H22FNO2. The van der Waals surface area contributed by atoms with Gasteiger partial charge in [0.05, 0.1) is 19.1 Å². The topological polar surface area (TPSA) is 38.3 Å². The highest BCUT2D eigenvalue weighted by Gasteiger charge is 2.09. The van der Waals surface area contributed by atoms with Crippen LogP contribution >= 0.6 is 0 Å². The highest BCUT2D eigenvalue weighted by molar-refractivity contribution is 5.78. The molecule has 4 heteroatoms. The van der Waals surface area contributed by atoms with Crippen molar-refractivity contribution in [3.63, 3.8) is 0 Å². The molecule has 1 N–H and O–H groups in total. The second kappa shape index (κ2) is 8.44. The summed E-state index contributed by atoms with van der Waals surface area (Å²) in [5.74, 6) is -0.553. The first-order valence-corrected chi connectivity index (χ1v) is 7.74. The molecule has 2 rings (SSSR count). The van der Waals surface area contributed by atoms with Gasteiger partial charge in [-0.1, -0.05) is 42.5 Å². The highest BCUT2D eigenvalue weighted by Crippen LogP contribution is 2.12. The van der Waals surface area contributed by atoms with Crippen molar-refractivity contribution in [2.45, 2.75) is 39.5 Å². The van der Waals surface area contributed by atoms with Gasteiger partial charge in [0.1, 0.15) is 5.82 Å². The molecule has 2 aromatic carbocycles. The lowest BCUT2D eigenvalue weighted by atomic mass is 10.1. The molecule has 122 valence electrons. The summed E-state index contributed by atoms with van der Waals surface area (Å²) < 4.78 is 19.2. The number of carbonyl (C=O) groups excluding carboxylic acids is 1. The number of hydrogen-bond acceptors (Lipinski definition) is 2. The van der Waals surface area contributed by atoms with Crippen LogP contribution in [-0.4, -0.2) is 12.0 Å². The Balaban J connectivity index is 1.93. The van der Waals surface area contributed by atoms with E-state index < -0.39 is 0 Å². The van der Waals surface area contributed by atoms with Crippen LogP contribution in [0.3, 0.4) is 0 Å². The van der Waals surface area contributed by atoms with E-state index in [4.69, 9.17) is 4.74 Å². The van der Waals surface area contributed by atoms with Crippen molar-refractivity contribution in [1.29, 1.82) is 0 Å². The summed E-state index contributed by atoms with van der Waals surface area (Å²) in [5.41, 5.74) is 2.46. The number of ether oxygens (including phenoxy) is 1. The lowest BCUT2D eigenvalue weighted by Gasteiger charge is -2.13. The minimum absolute atomic E-state index is 0.0390. The Hall–Kier alpha value is -2.20. The first-order chi connectivity index (χ1) is 11.1. The number of nitrogens with one attached hydrogen (secondary N) is 1. The summed E-state index contributed by atoms with van der Waals surface area (Å²) in [4.78, 5) is 12.0. The van der Waals surface area contributed by atoms with E-state index in [9.17, 15) is 9.18 Å². The minimum Gasteiger partial charge on any atom is -0.374 e. The molecule has 0 unspecified atom stereocenters. The molecule has 23 heavy (non-hydrogen) atoms. The normalized spacial score (nSPS) is 10.8. The first-order valence-electron chi connectivity index (χ1n) is 7.74. The molecule has 0 bridgehead atoms. The van der Waals surface area contributed by atoms with E-state index in [1.807, 2.05) is 38.1 Å². The Labute approximate surface area is 136 Å². The number of carbonyl (C=O) groups is 1. The minimum atomic E-state index is -0.353. The van der Waals surface area contributed by atoms with Crippen molar-refractivity contribution in [1.82, 2.24) is 5.32 Å². The second-order valence-corrected chi connectivity index (χ2v) is 5.67. The quantitative estimate of drug-likeness (QED) is 0.847. The third-order valence-electron chi connectivity index (χ3n) is 3.48. The van der Waals surface area contributed by atoms with Crippen molar-refractivity contribution < 1.29 is 13.9 Å². The third-order valence-corrected chi connectivity index (χ3v) is 3.48. The van der Waals surface area contributed by atoms with Crippen molar-refractivity contribution >= 4 is 5.91 Å². The molecule has 0 aromatic heterocycles. The summed E-state index contributed by atoms with van der Waals surface area (Å²) in [6, 6.07) is 14.1. The largest absolute Gasteiger partial charge is 0.374 e. The first kappa shape index (κ1) is 17.2. The predicted octanol–water partition coefficient (Wildman–Crippen LogP) is 3.61. The van der Waals surface area contributed by atoms with Crippen molar-refractivity contribution in [2.75, 3.05) is 0 Å². The zero-order valence-electron chi connectivity index (χ0n) is 13.5. The number of amides is 1. The zero-order chi connectivity index (χ0) is 16.7. The van der Waals surface area contributed by atoms with E-state index in [1.54, 1.807) is 18.2 Å². The molecule has 0 aliphatic heterocycles. The fraction of sp³-hybridized carbons (Fsp3) is 0.316. The average molecular weight is 315 g/mol. The molecule has 0 spiro atoms. The van der Waals surface area contributed by atoms with Crippen LogP contribution in [0.2, 0.25) is 0 Å². The maximum Gasteiger partial charge on any atom is 0.224 e. The number of halogens is 1. The number of rotatable bonds is 7. The lowest BCUT2D eigenvalue weighted by molar-refractivity contribution is -0.120. The van der Waals surface area contributed by atoms with Gasteiger partial charge in [-0.25, -0.2) is 4.39 Å². The van der Waals surface area contributed by atoms with Crippen LogP contribution in [-0.2, 0) is 29.1 Å². The van der Waals surface area contributed by atoms with E-state index in [0.29, 0.717) is 18.7 Å². The number of hydrogen-bond donors (Lipinski definition) is 1. The fourth-order valence-electron chi connectivity index (χ4n) is 2.20. The molecule has 0 aliphatic rings. The van der Waals surface area contributed by atoms with Gasteiger partial charge in [0.2, 0.25) is 5.91 Å². The van der Waals surface area contributed by atoms with Crippen LogP contribution in [0.1, 0.15) is 30.5 Å². The van der Waals surface area contributed by atoms with Gasteiger partial charge in [-0.3, -0.25) is 4.79 Å². The standard InChI is InChI=1S/C19H22FNO2/c1-14(2)23-13-17-9-4-3-8-16(17)12-21-19(22)11-15-7-5-6-10-18(15)20/h3-10,14H,11-13H2,1-2H3,(H,21,22). The lowest BCUT2D eigenvalue weighted by Crippen LogP contribution is -2.25. The van der Waals surface area contributed by atoms with Gasteiger partial charge in [-0.05, 0) is 36.6 Å². The van der Waals surface area contributed by atoms with Crippen molar-refractivity contribution in [3.05, 3.63) is 71.0 Å². The van der Waals surface area contributed by atoms with Gasteiger partial charge in [-0.2, -0.15) is 0 Å². The summed E-state index contributed by atoms with van der Waals surface area (Å²) in [6.07, 6.45) is 0.191. The molecule has 0 saturated heterocycles. The van der Waals surface area contributed by atoms with E-state index >= 15 is 0 Å². The smallest absolute Gasteiger partial charge is 0.224 e. The van der Waals surface area contributed by atoms with Gasteiger partial charge in [0, 0.05) is 6.54 Å². The van der Waals surface area contributed by atoms with Crippen LogP contribution in [0.4, 0.5) is 4.39 Å². The van der Waals surface area contributed by atoms with Crippen molar-refractivity contribution in [2.24, 2.45) is 0 Å². The SMILES string of the molecule is CC(C)OCc1ccccc1CNC(=O)Cc1ccccc1F. The molecule has 0 heterocycles. The van der Waals surface area contributed by atoms with Crippen LogP contribution in [0.25, 0.3) is 0 Å². The summed E-state index contributed by atoms with van der Waals surface area (Å²) in [5, 5.41) is 2.84. The summed E-state index contributed by atoms with van der Waals surface area (Å²) >= 11 is 0. The van der Waals surface area contributed by atoms with Crippen LogP contribution in [0, 0.1) is 5.82 Å². The third kappa shape index (κ3) is 5.49. The molecule has 1 amide bonds. The molecule has 3 nitrogen and oxygen atoms in total. The average Bonchev–Trinajstić information content (AvgIpc) is 2.54. The number of benzene rings is 2. The molecule has 0 saturated carbocycles. The molecule has 0 aliphatic carbocycles. The molecule has 0 radical (unpaired) electrons. The zero-order valence-corrected chi connectivity index (χ0v) is 13.5. The van der Waals surface area contributed by atoms with Gasteiger partial charge in [-0.15, -0.1) is 0 Å². The van der Waals surface area contributed by atoms with Crippen molar-refractivity contribution in [3.8, 4) is 0 Å². The van der Waals surface area contributed by atoms with E-state index in [-0.39, 0.29) is 24.2 Å². The van der Waals surface area contributed by atoms with Gasteiger partial charge in [0.25, 0.3) is 0 Å². The Bertz CT molecular complexity index is 655. The Morgan fingerprint density at radius 2 is 1.65 bits per heavy atom. The van der Waals surface area contributed by atoms with Crippen LogP contribution in [0.15, 0.2) is 48.5 Å². The monoisotopic (exact) mass is 315 g/mol. The fourth-order valence-corrected chi connectivity index (χ4v) is 2.20. The molecular weight excluding hydrogens is 293 g/mol. The summed E-state index contributed by atoms with van der Waals surface area (Å²) in [6.45, 7) is 4.89. The van der Waals surface area contributed by atoms with Gasteiger partial charge in [0.15, 0.2) is 0 Å². The van der Waals surface area contributed by atoms with E-state index in [1.165, 1.54) is 6.07 Å². The molecule has 2 aromatic rings. The maximum absolute atomic E-state index is 13.6. The van der Waals surface area contributed by atoms with Gasteiger partial charge < -0.3 is 10.1 Å². The Morgan fingerprint density at radius 1 is 1.04 bits per heavy atom. The molecule has 0 atom stereocenters. The Kier molecular flexibility index (Phi) is 6.29. The van der Waals surface area contributed by atoms with Crippen LogP contribution in [0.5, 0.6) is 0 Å². The molecule has 0 fully saturated rings. The van der Waals surface area contributed by atoms with Crippen LogP contribution < -0.4 is 5.32 Å². The van der Waals surface area contributed by atoms with E-state index in [2.05, 4.69) is 5.32 Å². The second-order valence-electron chi connectivity index (χ2n) is 5.67. The Morgan fingerprint density at radius 3 is 2.30 bits per heavy atom. The highest BCUT2D eigenvalue weighted by atomic mass is 19.1. The predicted molar refractivity (Wildman–Crippen MR) is 88.3 cm³/mol. The maximum atomic E-state index is 13.6. The van der Waals surface area contributed by atoms with Gasteiger partial charge >= 0.3 is 0 Å². The summed E-state index contributed by atoms with van der Waals surface area (Å²) in [7, 11) is 0. The van der Waals surface area contributed by atoms with E-state index in [0.717, 1.165) is 11.1 Å².